The molecule has 0 unspecified atom stereocenters. The summed E-state index contributed by atoms with van der Waals surface area (Å²) in [5.41, 5.74) is 0. The molecule has 2 aliphatic rings. The maximum Gasteiger partial charge on any atom is 0.236 e. The quantitative estimate of drug-likeness (QED) is 0.691. The largest absolute Gasteiger partial charge is 0.342 e. The summed E-state index contributed by atoms with van der Waals surface area (Å²) in [5.74, 6) is 1.16. The van der Waals surface area contributed by atoms with Crippen LogP contribution in [-0.2, 0) is 4.79 Å². The van der Waals surface area contributed by atoms with Gasteiger partial charge in [-0.25, -0.2) is 0 Å². The lowest BCUT2D eigenvalue weighted by molar-refractivity contribution is -0.129. The summed E-state index contributed by atoms with van der Waals surface area (Å²) in [6.45, 7) is 3.55. The summed E-state index contributed by atoms with van der Waals surface area (Å²) in [7, 11) is 0. The molecule has 0 bridgehead atoms. The molecular formula is C10H18N2O. The average Bonchev–Trinajstić information content (AvgIpc) is 2.80. The number of nitrogens with one attached hydrogen (secondary N) is 1. The lowest BCUT2D eigenvalue weighted by atomic mass is 10.4. The second kappa shape index (κ2) is 4.09. The van der Waals surface area contributed by atoms with Crippen LogP contribution in [0.2, 0.25) is 0 Å². The van der Waals surface area contributed by atoms with Gasteiger partial charge in [0.15, 0.2) is 0 Å². The molecule has 1 aliphatic heterocycles. The van der Waals surface area contributed by atoms with E-state index in [0.717, 1.165) is 25.6 Å². The smallest absolute Gasteiger partial charge is 0.236 e. The van der Waals surface area contributed by atoms with Gasteiger partial charge in [0, 0.05) is 13.1 Å². The van der Waals surface area contributed by atoms with Crippen molar-refractivity contribution in [3.8, 4) is 0 Å². The Morgan fingerprint density at radius 3 is 2.62 bits per heavy atom. The van der Waals surface area contributed by atoms with Gasteiger partial charge in [-0.3, -0.25) is 4.79 Å². The van der Waals surface area contributed by atoms with Crippen molar-refractivity contribution in [1.29, 1.82) is 0 Å². The molecule has 3 heteroatoms. The summed E-state index contributed by atoms with van der Waals surface area (Å²) in [6.07, 6.45) is 5.08. The summed E-state index contributed by atoms with van der Waals surface area (Å²) < 4.78 is 0. The highest BCUT2D eigenvalue weighted by Crippen LogP contribution is 2.27. The van der Waals surface area contributed by atoms with Crippen LogP contribution >= 0.6 is 0 Å². The number of amides is 1. The van der Waals surface area contributed by atoms with Crippen LogP contribution in [0.3, 0.4) is 0 Å². The molecular weight excluding hydrogens is 164 g/mol. The summed E-state index contributed by atoms with van der Waals surface area (Å²) in [6, 6.07) is 0. The van der Waals surface area contributed by atoms with Crippen LogP contribution < -0.4 is 5.32 Å². The fourth-order valence-electron chi connectivity index (χ4n) is 1.78. The van der Waals surface area contributed by atoms with Gasteiger partial charge >= 0.3 is 0 Å². The molecule has 0 spiro atoms. The first-order chi connectivity index (χ1) is 6.36. The molecule has 0 aromatic carbocycles. The highest BCUT2D eigenvalue weighted by Gasteiger charge is 2.22. The van der Waals surface area contributed by atoms with Crippen molar-refractivity contribution in [2.24, 2.45) is 5.92 Å². The zero-order chi connectivity index (χ0) is 9.10. The fourth-order valence-corrected chi connectivity index (χ4v) is 1.78. The van der Waals surface area contributed by atoms with Gasteiger partial charge in [-0.15, -0.1) is 0 Å². The third kappa shape index (κ3) is 2.69. The average molecular weight is 182 g/mol. The lowest BCUT2D eigenvalue weighted by Gasteiger charge is -2.15. The van der Waals surface area contributed by atoms with Gasteiger partial charge in [0.25, 0.3) is 0 Å². The second-order valence-corrected chi connectivity index (χ2v) is 4.16. The number of carbonyl (C=O) groups is 1. The Morgan fingerprint density at radius 2 is 2.00 bits per heavy atom. The van der Waals surface area contributed by atoms with E-state index in [2.05, 4.69) is 5.32 Å². The molecule has 1 saturated heterocycles. The highest BCUT2D eigenvalue weighted by molar-refractivity contribution is 5.78. The van der Waals surface area contributed by atoms with E-state index < -0.39 is 0 Å². The van der Waals surface area contributed by atoms with Crippen LogP contribution in [0.5, 0.6) is 0 Å². The van der Waals surface area contributed by atoms with E-state index in [0.29, 0.717) is 6.54 Å². The van der Waals surface area contributed by atoms with Crippen molar-refractivity contribution < 1.29 is 4.79 Å². The molecule has 1 aliphatic carbocycles. The zero-order valence-electron chi connectivity index (χ0n) is 8.09. The van der Waals surface area contributed by atoms with Crippen molar-refractivity contribution in [3.63, 3.8) is 0 Å². The second-order valence-electron chi connectivity index (χ2n) is 4.16. The SMILES string of the molecule is O=C(CNCC1CC1)N1CCCC1. The molecule has 74 valence electrons. The zero-order valence-corrected chi connectivity index (χ0v) is 8.09. The minimum Gasteiger partial charge on any atom is -0.342 e. The lowest BCUT2D eigenvalue weighted by Crippen LogP contribution is -2.36. The van der Waals surface area contributed by atoms with Gasteiger partial charge in [0.1, 0.15) is 0 Å². The highest BCUT2D eigenvalue weighted by atomic mass is 16.2. The van der Waals surface area contributed by atoms with Gasteiger partial charge in [-0.1, -0.05) is 0 Å². The standard InChI is InChI=1S/C10H18N2O/c13-10(12-5-1-2-6-12)8-11-7-9-3-4-9/h9,11H,1-8H2. The van der Waals surface area contributed by atoms with E-state index >= 15 is 0 Å². The monoisotopic (exact) mass is 182 g/mol. The predicted molar refractivity (Wildman–Crippen MR) is 51.4 cm³/mol. The van der Waals surface area contributed by atoms with Crippen molar-refractivity contribution in [2.75, 3.05) is 26.2 Å². The van der Waals surface area contributed by atoms with Crippen LogP contribution in [0.1, 0.15) is 25.7 Å². The van der Waals surface area contributed by atoms with E-state index in [9.17, 15) is 4.79 Å². The van der Waals surface area contributed by atoms with Crippen LogP contribution in [0, 0.1) is 5.92 Å². The number of rotatable bonds is 4. The van der Waals surface area contributed by atoms with Gasteiger partial charge in [-0.2, -0.15) is 0 Å². The van der Waals surface area contributed by atoms with E-state index in [1.54, 1.807) is 0 Å². The minimum absolute atomic E-state index is 0.290. The topological polar surface area (TPSA) is 32.3 Å². The molecule has 0 atom stereocenters. The first-order valence-corrected chi connectivity index (χ1v) is 5.35. The molecule has 0 aromatic heterocycles. The summed E-state index contributed by atoms with van der Waals surface area (Å²) in [5, 5.41) is 3.23. The van der Waals surface area contributed by atoms with Crippen molar-refractivity contribution in [3.05, 3.63) is 0 Å². The molecule has 1 amide bonds. The molecule has 2 rings (SSSR count). The van der Waals surface area contributed by atoms with E-state index in [1.165, 1.54) is 25.7 Å². The Balaban J connectivity index is 1.59. The molecule has 1 N–H and O–H groups in total. The first kappa shape index (κ1) is 9.00. The summed E-state index contributed by atoms with van der Waals surface area (Å²) in [4.78, 5) is 13.5. The molecule has 3 nitrogen and oxygen atoms in total. The fraction of sp³-hybridized carbons (Fsp3) is 0.900. The van der Waals surface area contributed by atoms with Gasteiger partial charge in [-0.05, 0) is 38.1 Å². The summed E-state index contributed by atoms with van der Waals surface area (Å²) >= 11 is 0. The van der Waals surface area contributed by atoms with E-state index in [1.807, 2.05) is 4.90 Å². The van der Waals surface area contributed by atoms with E-state index in [4.69, 9.17) is 0 Å². The maximum atomic E-state index is 11.5. The Labute approximate surface area is 79.5 Å². The van der Waals surface area contributed by atoms with Gasteiger partial charge in [0.05, 0.1) is 6.54 Å². The molecule has 0 aromatic rings. The molecule has 1 heterocycles. The maximum absolute atomic E-state index is 11.5. The Morgan fingerprint density at radius 1 is 1.31 bits per heavy atom. The number of nitrogens with zero attached hydrogens (tertiary/aromatic N) is 1. The van der Waals surface area contributed by atoms with Crippen molar-refractivity contribution in [1.82, 2.24) is 10.2 Å². The van der Waals surface area contributed by atoms with Crippen LogP contribution in [0.4, 0.5) is 0 Å². The third-order valence-corrected chi connectivity index (χ3v) is 2.86. The van der Waals surface area contributed by atoms with Gasteiger partial charge < -0.3 is 10.2 Å². The minimum atomic E-state index is 0.290. The molecule has 1 saturated carbocycles. The number of likely N-dealkylation sites (tertiary alicyclic amines) is 1. The molecule has 13 heavy (non-hydrogen) atoms. The van der Waals surface area contributed by atoms with Crippen molar-refractivity contribution >= 4 is 5.91 Å². The van der Waals surface area contributed by atoms with Crippen LogP contribution in [-0.4, -0.2) is 37.0 Å². The number of hydrogen-bond donors (Lipinski definition) is 1. The van der Waals surface area contributed by atoms with Crippen LogP contribution in [0.15, 0.2) is 0 Å². The predicted octanol–water partition coefficient (Wildman–Crippen LogP) is 0.608. The molecule has 2 fully saturated rings. The van der Waals surface area contributed by atoms with Crippen LogP contribution in [0.25, 0.3) is 0 Å². The Bertz CT molecular complexity index is 183. The van der Waals surface area contributed by atoms with Gasteiger partial charge in [0.2, 0.25) is 5.91 Å². The third-order valence-electron chi connectivity index (χ3n) is 2.86. The Hall–Kier alpha value is -0.570. The number of hydrogen-bond acceptors (Lipinski definition) is 2. The normalized spacial score (nSPS) is 22.3. The molecule has 0 radical (unpaired) electrons. The Kier molecular flexibility index (Phi) is 2.83. The van der Waals surface area contributed by atoms with E-state index in [-0.39, 0.29) is 5.91 Å². The first-order valence-electron chi connectivity index (χ1n) is 5.35. The number of carbonyl (C=O) groups excluding carboxylic acids is 1. The van der Waals surface area contributed by atoms with Crippen molar-refractivity contribution in [2.45, 2.75) is 25.7 Å².